The fourth-order valence-corrected chi connectivity index (χ4v) is 3.90. The molecule has 156 valence electrons. The molecule has 0 unspecified atom stereocenters. The molecule has 30 heavy (non-hydrogen) atoms. The molecular formula is C21H22N4O5. The number of hydrogen-bond acceptors (Lipinski definition) is 6. The van der Waals surface area contributed by atoms with Crippen LogP contribution in [0, 0.1) is 16.0 Å². The van der Waals surface area contributed by atoms with Gasteiger partial charge in [0.2, 0.25) is 5.91 Å². The van der Waals surface area contributed by atoms with Crippen molar-refractivity contribution in [2.75, 3.05) is 41.4 Å². The molecule has 9 heteroatoms. The molecule has 2 aliphatic rings. The number of hydrogen-bond donors (Lipinski definition) is 1. The van der Waals surface area contributed by atoms with Gasteiger partial charge in [-0.3, -0.25) is 19.8 Å². The standard InChI is InChI=1S/C21H22N4O5/c26-20(22-16-6-2-1-3-7-16)15-5-4-10-23(14-15)18-9-8-17(13-19(18)25(28)29)24-11-12-30-21(24)27/h1-3,6-9,13,15H,4-5,10-12,14H2,(H,22,26)/t15-/m0/s1. The van der Waals surface area contributed by atoms with Gasteiger partial charge in [-0.15, -0.1) is 0 Å². The second-order valence-electron chi connectivity index (χ2n) is 7.34. The number of ether oxygens (including phenoxy) is 1. The Bertz CT molecular complexity index is 965. The molecule has 0 aliphatic carbocycles. The Kier molecular flexibility index (Phi) is 5.51. The molecule has 2 aliphatic heterocycles. The summed E-state index contributed by atoms with van der Waals surface area (Å²) >= 11 is 0. The molecular weight excluding hydrogens is 388 g/mol. The number of carbonyl (C=O) groups excluding carboxylic acids is 2. The summed E-state index contributed by atoms with van der Waals surface area (Å²) in [6, 6.07) is 14.0. The molecule has 2 heterocycles. The predicted octanol–water partition coefficient (Wildman–Crippen LogP) is 3.41. The minimum Gasteiger partial charge on any atom is -0.447 e. The molecule has 1 atom stereocenters. The first-order chi connectivity index (χ1) is 14.5. The number of para-hydroxylation sites is 1. The number of piperidine rings is 1. The molecule has 0 bridgehead atoms. The van der Waals surface area contributed by atoms with Crippen LogP contribution in [0.1, 0.15) is 12.8 Å². The number of rotatable bonds is 5. The van der Waals surface area contributed by atoms with E-state index in [-0.39, 0.29) is 24.1 Å². The van der Waals surface area contributed by atoms with Gasteiger partial charge in [-0.1, -0.05) is 18.2 Å². The van der Waals surface area contributed by atoms with Crippen LogP contribution in [-0.2, 0) is 9.53 Å². The van der Waals surface area contributed by atoms with Gasteiger partial charge in [0.15, 0.2) is 0 Å². The van der Waals surface area contributed by atoms with Gasteiger partial charge in [0.25, 0.3) is 5.69 Å². The van der Waals surface area contributed by atoms with Crippen LogP contribution in [0.25, 0.3) is 0 Å². The van der Waals surface area contributed by atoms with Gasteiger partial charge in [0.05, 0.1) is 23.1 Å². The van der Waals surface area contributed by atoms with Crippen LogP contribution >= 0.6 is 0 Å². The molecule has 0 radical (unpaired) electrons. The van der Waals surface area contributed by atoms with Gasteiger partial charge in [0, 0.05) is 24.8 Å². The summed E-state index contributed by atoms with van der Waals surface area (Å²) in [6.07, 6.45) is 0.970. The fourth-order valence-electron chi connectivity index (χ4n) is 3.90. The molecule has 0 spiro atoms. The van der Waals surface area contributed by atoms with Crippen molar-refractivity contribution in [2.45, 2.75) is 12.8 Å². The normalized spacial score (nSPS) is 18.8. The van der Waals surface area contributed by atoms with E-state index in [1.165, 1.54) is 11.0 Å². The van der Waals surface area contributed by atoms with Gasteiger partial charge in [-0.25, -0.2) is 4.79 Å². The van der Waals surface area contributed by atoms with Crippen molar-refractivity contribution in [3.05, 3.63) is 58.6 Å². The highest BCUT2D eigenvalue weighted by atomic mass is 16.6. The molecule has 0 saturated carbocycles. The van der Waals surface area contributed by atoms with E-state index in [0.717, 1.165) is 18.5 Å². The quantitative estimate of drug-likeness (QED) is 0.598. The predicted molar refractivity (Wildman–Crippen MR) is 112 cm³/mol. The summed E-state index contributed by atoms with van der Waals surface area (Å²) in [5.41, 5.74) is 1.53. The Morgan fingerprint density at radius 1 is 1.17 bits per heavy atom. The van der Waals surface area contributed by atoms with Crippen LogP contribution in [0.3, 0.4) is 0 Å². The third kappa shape index (κ3) is 4.05. The lowest BCUT2D eigenvalue weighted by atomic mass is 9.96. The molecule has 4 rings (SSSR count). The van der Waals surface area contributed by atoms with Gasteiger partial charge in [0.1, 0.15) is 12.3 Å². The maximum absolute atomic E-state index is 12.7. The Hall–Kier alpha value is -3.62. The highest BCUT2D eigenvalue weighted by Crippen LogP contribution is 2.35. The highest BCUT2D eigenvalue weighted by Gasteiger charge is 2.31. The maximum atomic E-state index is 12.7. The Morgan fingerprint density at radius 3 is 2.67 bits per heavy atom. The van der Waals surface area contributed by atoms with E-state index in [2.05, 4.69) is 5.32 Å². The monoisotopic (exact) mass is 410 g/mol. The smallest absolute Gasteiger partial charge is 0.414 e. The van der Waals surface area contributed by atoms with E-state index in [9.17, 15) is 19.7 Å². The van der Waals surface area contributed by atoms with Gasteiger partial charge >= 0.3 is 6.09 Å². The number of nitrogens with zero attached hydrogens (tertiary/aromatic N) is 3. The lowest BCUT2D eigenvalue weighted by Crippen LogP contribution is -2.41. The van der Waals surface area contributed by atoms with E-state index in [4.69, 9.17) is 4.74 Å². The van der Waals surface area contributed by atoms with Gasteiger partial charge < -0.3 is 15.0 Å². The number of nitro benzene ring substituents is 1. The van der Waals surface area contributed by atoms with Crippen molar-refractivity contribution >= 4 is 34.7 Å². The highest BCUT2D eigenvalue weighted by molar-refractivity contribution is 5.93. The summed E-state index contributed by atoms with van der Waals surface area (Å²) in [5, 5.41) is 14.6. The third-order valence-electron chi connectivity index (χ3n) is 5.40. The number of nitro groups is 1. The van der Waals surface area contributed by atoms with Crippen molar-refractivity contribution < 1.29 is 19.2 Å². The molecule has 9 nitrogen and oxygen atoms in total. The number of nitrogens with one attached hydrogen (secondary N) is 1. The van der Waals surface area contributed by atoms with E-state index < -0.39 is 11.0 Å². The first-order valence-electron chi connectivity index (χ1n) is 9.86. The van der Waals surface area contributed by atoms with Crippen LogP contribution < -0.4 is 15.1 Å². The molecule has 1 N–H and O–H groups in total. The fraction of sp³-hybridized carbons (Fsp3) is 0.333. The molecule has 2 aromatic rings. The topological polar surface area (TPSA) is 105 Å². The number of anilines is 3. The zero-order chi connectivity index (χ0) is 21.1. The van der Waals surface area contributed by atoms with Crippen molar-refractivity contribution in [3.63, 3.8) is 0 Å². The lowest BCUT2D eigenvalue weighted by molar-refractivity contribution is -0.384. The average Bonchev–Trinajstić information content (AvgIpc) is 3.20. The minimum absolute atomic E-state index is 0.0867. The third-order valence-corrected chi connectivity index (χ3v) is 5.40. The summed E-state index contributed by atoms with van der Waals surface area (Å²) in [4.78, 5) is 39.0. The molecule has 2 saturated heterocycles. The number of carbonyl (C=O) groups is 2. The maximum Gasteiger partial charge on any atom is 0.414 e. The number of amides is 2. The number of cyclic esters (lactones) is 1. The molecule has 2 amide bonds. The molecule has 2 aromatic carbocycles. The van der Waals surface area contributed by atoms with Gasteiger partial charge in [-0.2, -0.15) is 0 Å². The van der Waals surface area contributed by atoms with Crippen LogP contribution in [-0.4, -0.2) is 43.2 Å². The first-order valence-corrected chi connectivity index (χ1v) is 9.86. The molecule has 2 fully saturated rings. The van der Waals surface area contributed by atoms with E-state index in [1.54, 1.807) is 12.1 Å². The summed E-state index contributed by atoms with van der Waals surface area (Å²) in [7, 11) is 0. The van der Waals surface area contributed by atoms with E-state index in [1.807, 2.05) is 35.2 Å². The van der Waals surface area contributed by atoms with E-state index in [0.29, 0.717) is 31.0 Å². The Morgan fingerprint density at radius 2 is 1.97 bits per heavy atom. The van der Waals surface area contributed by atoms with Crippen LogP contribution in [0.5, 0.6) is 0 Å². The molecule has 0 aromatic heterocycles. The second-order valence-corrected chi connectivity index (χ2v) is 7.34. The first kappa shape index (κ1) is 19.7. The van der Waals surface area contributed by atoms with Crippen molar-refractivity contribution in [2.24, 2.45) is 5.92 Å². The average molecular weight is 410 g/mol. The van der Waals surface area contributed by atoms with Crippen molar-refractivity contribution in [1.82, 2.24) is 0 Å². The minimum atomic E-state index is -0.507. The summed E-state index contributed by atoms with van der Waals surface area (Å²) in [5.74, 6) is -0.364. The van der Waals surface area contributed by atoms with Crippen LogP contribution in [0.15, 0.2) is 48.5 Å². The van der Waals surface area contributed by atoms with Gasteiger partial charge in [-0.05, 0) is 37.1 Å². The Labute approximate surface area is 173 Å². The van der Waals surface area contributed by atoms with Crippen molar-refractivity contribution in [3.8, 4) is 0 Å². The largest absolute Gasteiger partial charge is 0.447 e. The van der Waals surface area contributed by atoms with Crippen LogP contribution in [0.4, 0.5) is 27.5 Å². The second kappa shape index (κ2) is 8.40. The van der Waals surface area contributed by atoms with Crippen LogP contribution in [0.2, 0.25) is 0 Å². The zero-order valence-corrected chi connectivity index (χ0v) is 16.3. The summed E-state index contributed by atoms with van der Waals surface area (Å²) < 4.78 is 4.92. The zero-order valence-electron chi connectivity index (χ0n) is 16.3. The summed E-state index contributed by atoms with van der Waals surface area (Å²) in [6.45, 7) is 1.64. The SMILES string of the molecule is O=C(Nc1ccccc1)[C@H]1CCCN(c2ccc(N3CCOC3=O)cc2[N+](=O)[O-])C1. The lowest BCUT2D eigenvalue weighted by Gasteiger charge is -2.33. The Balaban J connectivity index is 1.53. The van der Waals surface area contributed by atoms with E-state index >= 15 is 0 Å². The van der Waals surface area contributed by atoms with Crippen molar-refractivity contribution in [1.29, 1.82) is 0 Å². The number of benzene rings is 2.